The van der Waals surface area contributed by atoms with Crippen LogP contribution in [0.5, 0.6) is 0 Å². The molecule has 3 saturated carbocycles. The van der Waals surface area contributed by atoms with E-state index in [1.54, 1.807) is 25.9 Å². The molecule has 79 heavy (non-hydrogen) atoms. The van der Waals surface area contributed by atoms with Gasteiger partial charge in [0.05, 0.1) is 23.2 Å². The van der Waals surface area contributed by atoms with Crippen LogP contribution in [0.1, 0.15) is 144 Å². The number of ketones is 1. The van der Waals surface area contributed by atoms with Gasteiger partial charge in [0.25, 0.3) is 0 Å². The van der Waals surface area contributed by atoms with Gasteiger partial charge >= 0.3 is 0 Å². The molecule has 0 bridgehead atoms. The maximum absolute atomic E-state index is 12.3. The molecular weight excluding hydrogens is 1010 g/mol. The van der Waals surface area contributed by atoms with Crippen LogP contribution in [0.3, 0.4) is 0 Å². The number of aryl methyl sites for hydroxylation is 3. The van der Waals surface area contributed by atoms with E-state index in [2.05, 4.69) is 36.5 Å². The van der Waals surface area contributed by atoms with Gasteiger partial charge in [0.2, 0.25) is 0 Å². The lowest BCUT2D eigenvalue weighted by Gasteiger charge is -2.27. The third kappa shape index (κ3) is 8.79. The molecule has 21 heteroatoms. The van der Waals surface area contributed by atoms with Crippen LogP contribution >= 0.6 is 0 Å². The Morgan fingerprint density at radius 2 is 0.987 bits per heavy atom. The summed E-state index contributed by atoms with van der Waals surface area (Å²) in [7, 11) is 0. The summed E-state index contributed by atoms with van der Waals surface area (Å²) >= 11 is 0. The van der Waals surface area contributed by atoms with Crippen LogP contribution in [-0.4, -0.2) is 145 Å². The van der Waals surface area contributed by atoms with Crippen LogP contribution in [0.25, 0.3) is 33.1 Å². The minimum atomic E-state index is -0.733. The minimum absolute atomic E-state index is 0.0890. The molecule has 3 aliphatic carbocycles. The summed E-state index contributed by atoms with van der Waals surface area (Å²) in [6.45, 7) is 25.9. The largest absolute Gasteiger partial charge is 0.390 e. The van der Waals surface area contributed by atoms with Crippen molar-refractivity contribution in [1.82, 2.24) is 43.6 Å². The molecule has 0 amide bonds. The van der Waals surface area contributed by atoms with E-state index in [0.29, 0.717) is 26.2 Å². The number of rotatable bonds is 3. The fourth-order valence-corrected chi connectivity index (χ4v) is 14.1. The number of ether oxygens (including phenoxy) is 10. The van der Waals surface area contributed by atoms with Crippen molar-refractivity contribution in [3.05, 3.63) is 85.0 Å². The zero-order valence-electron chi connectivity index (χ0n) is 47.9. The summed E-state index contributed by atoms with van der Waals surface area (Å²) in [6.07, 6.45) is 13.9. The first-order valence-corrected chi connectivity index (χ1v) is 27.9. The minimum Gasteiger partial charge on any atom is -0.390 e. The molecule has 7 saturated heterocycles. The lowest BCUT2D eigenvalue weighted by atomic mass is 9.94. The van der Waals surface area contributed by atoms with Gasteiger partial charge in [-0.2, -0.15) is 0 Å². The Morgan fingerprint density at radius 3 is 1.44 bits per heavy atom. The first-order valence-electron chi connectivity index (χ1n) is 28.6. The topological polar surface area (TPSA) is 222 Å². The van der Waals surface area contributed by atoms with E-state index < -0.39 is 52.6 Å². The number of hydrogen-bond donors (Lipinski definition) is 1. The average Bonchev–Trinajstić information content (AvgIpc) is 2.22. The second kappa shape index (κ2) is 19.8. The van der Waals surface area contributed by atoms with Crippen molar-refractivity contribution in [2.24, 2.45) is 0 Å². The Hall–Kier alpha value is -5.17. The maximum atomic E-state index is 12.3. The van der Waals surface area contributed by atoms with Gasteiger partial charge in [-0.15, -0.1) is 0 Å². The van der Waals surface area contributed by atoms with Gasteiger partial charge in [0, 0.05) is 55.8 Å². The third-order valence-corrected chi connectivity index (χ3v) is 17.2. The lowest BCUT2D eigenvalue weighted by molar-refractivity contribution is -0.215. The number of carbonyl (C=O) groups excluding carboxylic acids is 1. The third-order valence-electron chi connectivity index (χ3n) is 17.2. The molecule has 1 N–H and O–H groups in total. The average molecular weight is 1090 g/mol. The van der Waals surface area contributed by atoms with Crippen molar-refractivity contribution in [1.29, 1.82) is 0 Å². The van der Waals surface area contributed by atoms with Gasteiger partial charge in [-0.25, -0.2) is 29.9 Å². The highest BCUT2D eigenvalue weighted by Gasteiger charge is 2.72. The second-order valence-electron chi connectivity index (χ2n) is 23.6. The number of nitrogens with zero attached hydrogens (tertiary/aromatic N) is 9. The van der Waals surface area contributed by atoms with Crippen LogP contribution in [-0.2, 0) is 52.2 Å². The van der Waals surface area contributed by atoms with E-state index in [0.717, 1.165) is 88.2 Å². The Morgan fingerprint density at radius 1 is 0.582 bits per heavy atom. The second-order valence-corrected chi connectivity index (χ2v) is 23.6. The molecule has 13 heterocycles. The number of aliphatic hydroxyl groups is 1. The molecule has 6 aromatic rings. The molecule has 0 radical (unpaired) electrons. The molecule has 10 fully saturated rings. The Balaban J connectivity index is 0.000000111. The molecule has 424 valence electrons. The number of aliphatic hydroxyl groups excluding tert-OH is 1. The number of fused-ring (bicyclic) bond motifs is 3. The molecule has 3 spiro atoms. The summed E-state index contributed by atoms with van der Waals surface area (Å²) in [4.78, 5) is 38.4. The molecule has 21 nitrogen and oxygen atoms in total. The van der Waals surface area contributed by atoms with Gasteiger partial charge < -0.3 is 66.2 Å². The zero-order valence-corrected chi connectivity index (χ0v) is 46.9. The Labute approximate surface area is 461 Å². The molecule has 13 atom stereocenters. The van der Waals surface area contributed by atoms with E-state index in [-0.39, 0.29) is 48.8 Å². The normalized spacial score (nSPS) is 36.5. The lowest BCUT2D eigenvalue weighted by Crippen LogP contribution is -2.45. The monoisotopic (exact) mass is 1090 g/mol. The summed E-state index contributed by atoms with van der Waals surface area (Å²) in [6, 6.07) is 5.99. The Bertz CT molecular complexity index is 3170. The van der Waals surface area contributed by atoms with E-state index >= 15 is 0 Å². The molecule has 0 unspecified atom stereocenters. The van der Waals surface area contributed by atoms with Crippen molar-refractivity contribution in [2.45, 2.75) is 223 Å². The van der Waals surface area contributed by atoms with Gasteiger partial charge in [-0.05, 0) is 131 Å². The van der Waals surface area contributed by atoms with E-state index in [4.69, 9.17) is 48.7 Å². The first kappa shape index (κ1) is 53.2. The molecular formula is C58H75N9O12. The highest BCUT2D eigenvalue weighted by atomic mass is 16.8. The smallest absolute Gasteiger partial charge is 0.165 e. The quantitative estimate of drug-likeness (QED) is 0.165. The van der Waals surface area contributed by atoms with Gasteiger partial charge in [0.1, 0.15) is 83.2 Å². The van der Waals surface area contributed by atoms with Crippen LogP contribution < -0.4 is 0 Å². The summed E-state index contributed by atoms with van der Waals surface area (Å²) < 4.78 is 73.4. The molecule has 0 aromatic carbocycles. The number of Topliss-reactive ketones (excluding diaryl/α,β-unsaturated/α-hetero) is 1. The van der Waals surface area contributed by atoms with Crippen molar-refractivity contribution in [3.8, 4) is 0 Å². The zero-order chi connectivity index (χ0) is 56.3. The van der Waals surface area contributed by atoms with Gasteiger partial charge in [-0.3, -0.25) is 4.79 Å². The van der Waals surface area contributed by atoms with E-state index in [1.807, 2.05) is 113 Å². The summed E-state index contributed by atoms with van der Waals surface area (Å²) in [5.74, 6) is -1.96. The maximum Gasteiger partial charge on any atom is 0.165 e. The highest BCUT2D eigenvalue weighted by molar-refractivity contribution is 5.88. The fraction of sp³-hybridized carbons (Fsp3) is 0.638. The SMILES string of the molecule is C1CCOC1.C=C1CC[C@]23OC(C)(C)O[C@H]2[C@H](n2ccc4c(C)ncnc42)O[C@H]13.Cc1ncnc2c1ccn2[C@@H]1O[C@@H]2C(=O)CC[C@@]23OC(C)(C)O[C@@H]13.Cc1ncnc2c1ccn2[C@@H]1O[C@@H]2[C@H](O)CC[C@@]23OC(C)(C)O[C@@H]13.[2H]CC. The molecule has 16 rings (SSSR count). The van der Waals surface area contributed by atoms with Crippen LogP contribution in [0.15, 0.2) is 67.9 Å². The van der Waals surface area contributed by atoms with E-state index in [1.165, 1.54) is 12.8 Å². The molecule has 6 aromatic heterocycles. The highest BCUT2D eigenvalue weighted by Crippen LogP contribution is 2.60. The number of hydrogen-bond acceptors (Lipinski definition) is 18. The summed E-state index contributed by atoms with van der Waals surface area (Å²) in [5.41, 5.74) is 4.61. The predicted octanol–water partition coefficient (Wildman–Crippen LogP) is 8.27. The van der Waals surface area contributed by atoms with E-state index in [9.17, 15) is 9.90 Å². The Kier molecular flexibility index (Phi) is 13.3. The molecule has 10 aliphatic rings. The number of carbonyl (C=O) groups is 1. The first-order chi connectivity index (χ1) is 38.2. The fourth-order valence-electron chi connectivity index (χ4n) is 14.1. The van der Waals surface area contributed by atoms with Crippen LogP contribution in [0.4, 0.5) is 0 Å². The van der Waals surface area contributed by atoms with Crippen molar-refractivity contribution < 1.29 is 58.6 Å². The van der Waals surface area contributed by atoms with Crippen molar-refractivity contribution >= 4 is 38.9 Å². The van der Waals surface area contributed by atoms with Crippen molar-refractivity contribution in [3.63, 3.8) is 0 Å². The van der Waals surface area contributed by atoms with Crippen LogP contribution in [0.2, 0.25) is 0 Å². The van der Waals surface area contributed by atoms with Crippen LogP contribution in [0, 0.1) is 20.8 Å². The predicted molar refractivity (Wildman–Crippen MR) is 286 cm³/mol. The molecule has 7 aliphatic heterocycles. The standard InChI is InChI=1S/C18H21N3O3.C17H21N3O4.C17H19N3O4.C4H8O.C2H6/c1-10-5-7-18-13(10)22-16(14(18)23-17(3,4)24-18)21-8-6-12-11(2)19-9-20-15(12)21;2*1-9-10-5-7-20(14(10)19-8-18-9)15-13-17(24-16(2,3)23-13)6-4-11(21)12(17)22-15;1-2-4-5-3-1;1-2/h6,8-9,13-14,16H,1,5,7H2,2-4H3;5,7-8,11-13,15,21H,4,6H2,1-3H3;5,7-8,12-13,15H,4,6H2,1-3H3;1-4H2;1-2H3/t13-,14+,16-,18-;11-,12-,13+,15-,17-;12-,13+,15-,17-;;/m111../s1/i;;;;1D. The van der Waals surface area contributed by atoms with Gasteiger partial charge in [-0.1, -0.05) is 20.4 Å². The summed E-state index contributed by atoms with van der Waals surface area (Å²) in [5, 5.41) is 13.4. The van der Waals surface area contributed by atoms with Crippen molar-refractivity contribution in [2.75, 3.05) is 13.2 Å². The number of aromatic nitrogens is 9. The van der Waals surface area contributed by atoms with Gasteiger partial charge in [0.15, 0.2) is 47.9 Å².